The smallest absolute Gasteiger partial charge is 0.124 e. The number of nitrogens with two attached hydrogens (primary N) is 1. The minimum Gasteiger partial charge on any atom is -0.248 e. The summed E-state index contributed by atoms with van der Waals surface area (Å²) in [4.78, 5) is 0.400. The van der Waals surface area contributed by atoms with Crippen LogP contribution >= 0.6 is 34.5 Å². The molecule has 1 heterocycles. The molecule has 6 heteroatoms. The van der Waals surface area contributed by atoms with E-state index in [2.05, 4.69) is 0 Å². The van der Waals surface area contributed by atoms with Crippen LogP contribution in [0.4, 0.5) is 0 Å². The van der Waals surface area contributed by atoms with E-state index in [1.165, 1.54) is 6.07 Å². The summed E-state index contributed by atoms with van der Waals surface area (Å²) in [7, 11) is -1.53. The molecule has 0 saturated carbocycles. The van der Waals surface area contributed by atoms with E-state index in [0.717, 1.165) is 11.3 Å². The molecule has 0 aliphatic heterocycles. The van der Waals surface area contributed by atoms with Crippen LogP contribution in [-0.2, 0) is 11.0 Å². The topological polar surface area (TPSA) is 43.1 Å². The summed E-state index contributed by atoms with van der Waals surface area (Å²) in [5.41, 5.74) is 0. The Bertz CT molecular complexity index is 272. The molecule has 0 amide bonds. The zero-order valence-electron chi connectivity index (χ0n) is 4.64. The maximum Gasteiger partial charge on any atom is 0.124 e. The summed E-state index contributed by atoms with van der Waals surface area (Å²) in [5.74, 6) is 0. The van der Waals surface area contributed by atoms with Crippen molar-refractivity contribution in [1.82, 2.24) is 0 Å². The average Bonchev–Trinajstić information content (AvgIpc) is 2.10. The van der Waals surface area contributed by atoms with E-state index in [4.69, 9.17) is 28.3 Å². The third kappa shape index (κ3) is 1.71. The molecule has 1 aromatic heterocycles. The first-order valence-electron chi connectivity index (χ1n) is 2.22. The van der Waals surface area contributed by atoms with Crippen molar-refractivity contribution >= 4 is 45.5 Å². The highest BCUT2D eigenvalue weighted by Gasteiger charge is 2.08. The monoisotopic (exact) mass is 215 g/mol. The lowest BCUT2D eigenvalue weighted by Gasteiger charge is -1.86. The lowest BCUT2D eigenvalue weighted by Crippen LogP contribution is -2.00. The third-order valence-corrected chi connectivity index (χ3v) is 3.33. The first kappa shape index (κ1) is 8.49. The van der Waals surface area contributed by atoms with Crippen LogP contribution in [0.25, 0.3) is 0 Å². The Hall–Kier alpha value is 0.390. The maximum absolute atomic E-state index is 10.6. The number of halogens is 2. The molecule has 1 atom stereocenters. The SMILES string of the molecule is NS(=O)c1cc(Cl)sc1Cl. The van der Waals surface area contributed by atoms with Gasteiger partial charge in [0.15, 0.2) is 0 Å². The quantitative estimate of drug-likeness (QED) is 0.766. The molecule has 2 nitrogen and oxygen atoms in total. The van der Waals surface area contributed by atoms with Gasteiger partial charge in [-0.3, -0.25) is 0 Å². The molecule has 0 aromatic carbocycles. The molecule has 0 aliphatic carbocycles. The van der Waals surface area contributed by atoms with Gasteiger partial charge in [-0.1, -0.05) is 23.2 Å². The predicted molar refractivity (Wildman–Crippen MR) is 44.9 cm³/mol. The normalized spacial score (nSPS) is 13.5. The van der Waals surface area contributed by atoms with Crippen molar-refractivity contribution in [2.45, 2.75) is 4.90 Å². The summed E-state index contributed by atoms with van der Waals surface area (Å²) in [6.45, 7) is 0. The third-order valence-electron chi connectivity index (χ3n) is 0.842. The van der Waals surface area contributed by atoms with Crippen molar-refractivity contribution in [2.75, 3.05) is 0 Å². The van der Waals surface area contributed by atoms with Crippen molar-refractivity contribution in [3.05, 3.63) is 14.7 Å². The zero-order chi connectivity index (χ0) is 7.72. The standard InChI is InChI=1S/C4H3Cl2NOS2/c5-3-1-2(10(7)8)4(6)9-3/h1H,7H2. The average molecular weight is 216 g/mol. The van der Waals surface area contributed by atoms with Gasteiger partial charge in [-0.05, 0) is 6.07 Å². The first-order chi connectivity index (χ1) is 4.61. The number of hydrogen-bond donors (Lipinski definition) is 1. The van der Waals surface area contributed by atoms with Crippen LogP contribution in [0.5, 0.6) is 0 Å². The summed E-state index contributed by atoms with van der Waals surface area (Å²) < 4.78 is 11.5. The molecule has 2 N–H and O–H groups in total. The highest BCUT2D eigenvalue weighted by atomic mass is 35.5. The van der Waals surface area contributed by atoms with Gasteiger partial charge in [0.1, 0.15) is 15.3 Å². The fourth-order valence-corrected chi connectivity index (χ4v) is 2.86. The van der Waals surface area contributed by atoms with Crippen LogP contribution in [0.15, 0.2) is 11.0 Å². The van der Waals surface area contributed by atoms with Crippen LogP contribution in [-0.4, -0.2) is 4.21 Å². The second-order valence-electron chi connectivity index (χ2n) is 1.49. The van der Waals surface area contributed by atoms with Gasteiger partial charge in [0.2, 0.25) is 0 Å². The molecule has 0 radical (unpaired) electrons. The van der Waals surface area contributed by atoms with E-state index in [-0.39, 0.29) is 0 Å². The van der Waals surface area contributed by atoms with Crippen molar-refractivity contribution in [1.29, 1.82) is 0 Å². The van der Waals surface area contributed by atoms with Gasteiger partial charge in [-0.2, -0.15) is 0 Å². The Balaban J connectivity index is 3.15. The van der Waals surface area contributed by atoms with E-state index >= 15 is 0 Å². The molecule has 0 fully saturated rings. The molecule has 56 valence electrons. The Morgan fingerprint density at radius 1 is 1.60 bits per heavy atom. The van der Waals surface area contributed by atoms with Crippen molar-refractivity contribution < 1.29 is 4.21 Å². The van der Waals surface area contributed by atoms with E-state index < -0.39 is 11.0 Å². The summed E-state index contributed by atoms with van der Waals surface area (Å²) in [5, 5.41) is 5.06. The van der Waals surface area contributed by atoms with Gasteiger partial charge in [-0.25, -0.2) is 9.35 Å². The minimum absolute atomic E-state index is 0.394. The van der Waals surface area contributed by atoms with Crippen LogP contribution in [0.2, 0.25) is 8.67 Å². The highest BCUT2D eigenvalue weighted by Crippen LogP contribution is 2.32. The van der Waals surface area contributed by atoms with E-state index in [1.807, 2.05) is 0 Å². The van der Waals surface area contributed by atoms with Crippen molar-refractivity contribution in [2.24, 2.45) is 5.14 Å². The fourth-order valence-electron chi connectivity index (χ4n) is 0.462. The van der Waals surface area contributed by atoms with Gasteiger partial charge < -0.3 is 0 Å². The number of hydrogen-bond acceptors (Lipinski definition) is 2. The molecule has 0 bridgehead atoms. The van der Waals surface area contributed by atoms with Crippen LogP contribution in [0.1, 0.15) is 0 Å². The summed E-state index contributed by atoms with van der Waals surface area (Å²) in [6.07, 6.45) is 0. The minimum atomic E-state index is -1.53. The Labute approximate surface area is 74.5 Å². The van der Waals surface area contributed by atoms with Gasteiger partial charge >= 0.3 is 0 Å². The lowest BCUT2D eigenvalue weighted by atomic mass is 10.7. The summed E-state index contributed by atoms with van der Waals surface area (Å²) >= 11 is 12.3. The maximum atomic E-state index is 10.6. The first-order valence-corrected chi connectivity index (χ1v) is 5.01. The Kier molecular flexibility index (Phi) is 2.71. The molecule has 1 aromatic rings. The van der Waals surface area contributed by atoms with E-state index in [1.54, 1.807) is 0 Å². The Morgan fingerprint density at radius 2 is 2.20 bits per heavy atom. The van der Waals surface area contributed by atoms with Crippen LogP contribution in [0.3, 0.4) is 0 Å². The molecular formula is C4H3Cl2NOS2. The molecule has 0 saturated heterocycles. The van der Waals surface area contributed by atoms with E-state index in [9.17, 15) is 4.21 Å². The van der Waals surface area contributed by atoms with Crippen molar-refractivity contribution in [3.63, 3.8) is 0 Å². The van der Waals surface area contributed by atoms with Gasteiger partial charge in [0, 0.05) is 0 Å². The number of rotatable bonds is 1. The second-order valence-corrected chi connectivity index (χ2v) is 4.81. The lowest BCUT2D eigenvalue weighted by molar-refractivity contribution is 0.684. The molecule has 1 rings (SSSR count). The largest absolute Gasteiger partial charge is 0.248 e. The van der Waals surface area contributed by atoms with Crippen molar-refractivity contribution in [3.8, 4) is 0 Å². The van der Waals surface area contributed by atoms with E-state index in [0.29, 0.717) is 13.6 Å². The van der Waals surface area contributed by atoms with Crippen LogP contribution < -0.4 is 5.14 Å². The summed E-state index contributed by atoms with van der Waals surface area (Å²) in [6, 6.07) is 1.50. The second kappa shape index (κ2) is 3.19. The van der Waals surface area contributed by atoms with Gasteiger partial charge in [0.05, 0.1) is 9.23 Å². The fraction of sp³-hybridized carbons (Fsp3) is 0. The molecular weight excluding hydrogens is 213 g/mol. The van der Waals surface area contributed by atoms with Gasteiger partial charge in [0.25, 0.3) is 0 Å². The molecule has 0 aliphatic rings. The Morgan fingerprint density at radius 3 is 2.40 bits per heavy atom. The molecule has 1 unspecified atom stereocenters. The zero-order valence-corrected chi connectivity index (χ0v) is 7.78. The highest BCUT2D eigenvalue weighted by molar-refractivity contribution is 7.83. The van der Waals surface area contributed by atoms with Crippen LogP contribution in [0, 0.1) is 0 Å². The number of thiophene rings is 1. The predicted octanol–water partition coefficient (Wildman–Crippen LogP) is 2.04. The molecule has 10 heavy (non-hydrogen) atoms. The van der Waals surface area contributed by atoms with Gasteiger partial charge in [-0.15, -0.1) is 11.3 Å². The molecule has 0 spiro atoms.